The van der Waals surface area contributed by atoms with Crippen molar-refractivity contribution in [1.29, 1.82) is 0 Å². The molecule has 0 radical (unpaired) electrons. The van der Waals surface area contributed by atoms with Gasteiger partial charge in [-0.05, 0) is 36.9 Å². The summed E-state index contributed by atoms with van der Waals surface area (Å²) in [5.74, 6) is 1.35. The van der Waals surface area contributed by atoms with E-state index in [1.807, 2.05) is 0 Å². The van der Waals surface area contributed by atoms with Crippen LogP contribution in [0.15, 0.2) is 35.9 Å². The number of benzene rings is 1. The molecule has 4 fully saturated rings. The Morgan fingerprint density at radius 3 is 3.12 bits per heavy atom. The lowest BCUT2D eigenvalue weighted by atomic mass is 9.53. The lowest BCUT2D eigenvalue weighted by Gasteiger charge is -2.58. The third-order valence-electron chi connectivity index (χ3n) is 8.22. The largest absolute Gasteiger partial charge is 0.373 e. The summed E-state index contributed by atoms with van der Waals surface area (Å²) in [7, 11) is 0. The van der Waals surface area contributed by atoms with E-state index in [1.165, 1.54) is 30.6 Å². The van der Waals surface area contributed by atoms with Crippen LogP contribution in [0.5, 0.6) is 0 Å². The number of rotatable bonds is 0. The van der Waals surface area contributed by atoms with E-state index in [0.29, 0.717) is 36.9 Å². The molecule has 3 saturated heterocycles. The van der Waals surface area contributed by atoms with Crippen LogP contribution < -0.4 is 4.90 Å². The summed E-state index contributed by atoms with van der Waals surface area (Å²) in [5.41, 5.74) is 4.35. The molecular weight excluding hydrogens is 312 g/mol. The van der Waals surface area contributed by atoms with Crippen molar-refractivity contribution in [3.63, 3.8) is 0 Å². The van der Waals surface area contributed by atoms with Gasteiger partial charge in [-0.1, -0.05) is 29.8 Å². The maximum atomic E-state index is 13.2. The number of hydrogen-bond acceptors (Lipinski definition) is 3. The first-order valence-corrected chi connectivity index (χ1v) is 9.75. The minimum atomic E-state index is 0.104. The quantitative estimate of drug-likeness (QED) is 0.681. The van der Waals surface area contributed by atoms with Gasteiger partial charge in [-0.15, -0.1) is 0 Å². The number of hydrogen-bond donors (Lipinski definition) is 0. The molecule has 7 rings (SSSR count). The van der Waals surface area contributed by atoms with E-state index in [1.54, 1.807) is 5.57 Å². The number of carbonyl (C=O) groups is 1. The van der Waals surface area contributed by atoms with Crippen molar-refractivity contribution in [2.45, 2.75) is 42.9 Å². The number of fused-ring (bicyclic) bond motifs is 2. The zero-order valence-electron chi connectivity index (χ0n) is 14.2. The van der Waals surface area contributed by atoms with Crippen molar-refractivity contribution in [2.75, 3.05) is 24.6 Å². The van der Waals surface area contributed by atoms with E-state index in [2.05, 4.69) is 40.1 Å². The fourth-order valence-corrected chi connectivity index (χ4v) is 7.51. The Labute approximate surface area is 147 Å². The van der Waals surface area contributed by atoms with E-state index in [9.17, 15) is 4.79 Å². The zero-order valence-corrected chi connectivity index (χ0v) is 14.2. The predicted octanol–water partition coefficient (Wildman–Crippen LogP) is 2.09. The molecule has 1 spiro atoms. The average molecular weight is 334 g/mol. The summed E-state index contributed by atoms with van der Waals surface area (Å²) in [6.07, 6.45) is 5.43. The minimum absolute atomic E-state index is 0.104. The second-order valence-electron chi connectivity index (χ2n) is 8.78. The molecule has 0 aromatic heterocycles. The number of piperidine rings is 2. The third-order valence-corrected chi connectivity index (χ3v) is 8.22. The summed E-state index contributed by atoms with van der Waals surface area (Å²) in [6, 6.07) is 9.64. The SMILES string of the molecule is O=C1CC2OCC=C3CN4CC[C@]56c7ccccc7N1[C@H]5C2[C@H]3C[C@H]46. The van der Waals surface area contributed by atoms with Crippen molar-refractivity contribution < 1.29 is 9.53 Å². The third kappa shape index (κ3) is 1.33. The lowest BCUT2D eigenvalue weighted by Crippen LogP contribution is -2.69. The highest BCUT2D eigenvalue weighted by molar-refractivity contribution is 5.99. The first kappa shape index (κ1) is 13.5. The van der Waals surface area contributed by atoms with Gasteiger partial charge >= 0.3 is 0 Å². The normalized spacial score (nSPS) is 45.9. The van der Waals surface area contributed by atoms with Crippen molar-refractivity contribution in [1.82, 2.24) is 4.90 Å². The van der Waals surface area contributed by atoms with Gasteiger partial charge in [-0.25, -0.2) is 0 Å². The Kier molecular flexibility index (Phi) is 2.27. The van der Waals surface area contributed by atoms with Gasteiger partial charge in [0.15, 0.2) is 0 Å². The summed E-state index contributed by atoms with van der Waals surface area (Å²) in [4.78, 5) is 18.1. The molecule has 2 unspecified atom stereocenters. The second kappa shape index (κ2) is 4.18. The maximum absolute atomic E-state index is 13.2. The molecule has 128 valence electrons. The molecule has 1 aromatic carbocycles. The highest BCUT2D eigenvalue weighted by atomic mass is 16.5. The van der Waals surface area contributed by atoms with Gasteiger partial charge in [-0.2, -0.15) is 0 Å². The van der Waals surface area contributed by atoms with Crippen molar-refractivity contribution in [3.05, 3.63) is 41.5 Å². The van der Waals surface area contributed by atoms with Gasteiger partial charge in [0.2, 0.25) is 5.91 Å². The van der Waals surface area contributed by atoms with E-state index in [0.717, 1.165) is 6.54 Å². The molecule has 25 heavy (non-hydrogen) atoms. The number of amides is 1. The van der Waals surface area contributed by atoms with Crippen LogP contribution in [-0.4, -0.2) is 48.7 Å². The van der Waals surface area contributed by atoms with Gasteiger partial charge in [0.25, 0.3) is 0 Å². The predicted molar refractivity (Wildman–Crippen MR) is 93.4 cm³/mol. The molecule has 5 aliphatic heterocycles. The Morgan fingerprint density at radius 1 is 1.24 bits per heavy atom. The smallest absolute Gasteiger partial charge is 0.229 e. The molecule has 6 aliphatic rings. The van der Waals surface area contributed by atoms with Crippen LogP contribution in [0.1, 0.15) is 24.8 Å². The Bertz CT molecular complexity index is 848. The van der Waals surface area contributed by atoms with Crippen LogP contribution in [0, 0.1) is 11.8 Å². The van der Waals surface area contributed by atoms with Gasteiger partial charge in [0.05, 0.1) is 25.2 Å². The number of para-hydroxylation sites is 1. The molecule has 2 bridgehead atoms. The molecule has 1 amide bonds. The van der Waals surface area contributed by atoms with E-state index in [-0.39, 0.29) is 17.4 Å². The fraction of sp³-hybridized carbons (Fsp3) is 0.571. The highest BCUT2D eigenvalue weighted by Gasteiger charge is 2.70. The Hall–Kier alpha value is -1.65. The first-order chi connectivity index (χ1) is 12.3. The molecular formula is C21H22N2O2. The van der Waals surface area contributed by atoms with E-state index >= 15 is 0 Å². The molecule has 0 N–H and O–H groups in total. The summed E-state index contributed by atoms with van der Waals surface area (Å²) in [5, 5.41) is 0. The van der Waals surface area contributed by atoms with Crippen molar-refractivity contribution in [2.24, 2.45) is 11.8 Å². The highest BCUT2D eigenvalue weighted by Crippen LogP contribution is 2.65. The Balaban J connectivity index is 1.55. The van der Waals surface area contributed by atoms with Crippen LogP contribution in [0.2, 0.25) is 0 Å². The molecule has 4 heteroatoms. The molecule has 1 aromatic rings. The molecule has 1 aliphatic carbocycles. The molecule has 1 saturated carbocycles. The van der Waals surface area contributed by atoms with Crippen LogP contribution in [-0.2, 0) is 14.9 Å². The zero-order chi connectivity index (χ0) is 16.3. The van der Waals surface area contributed by atoms with Crippen molar-refractivity contribution >= 4 is 11.6 Å². The van der Waals surface area contributed by atoms with Crippen LogP contribution in [0.3, 0.4) is 0 Å². The topological polar surface area (TPSA) is 32.8 Å². The second-order valence-corrected chi connectivity index (χ2v) is 8.78. The van der Waals surface area contributed by atoms with E-state index < -0.39 is 0 Å². The molecule has 4 nitrogen and oxygen atoms in total. The molecule has 6 atom stereocenters. The molecule has 5 heterocycles. The average Bonchev–Trinajstić information content (AvgIpc) is 3.10. The summed E-state index contributed by atoms with van der Waals surface area (Å²) < 4.78 is 6.25. The van der Waals surface area contributed by atoms with E-state index in [4.69, 9.17) is 4.74 Å². The lowest BCUT2D eigenvalue weighted by molar-refractivity contribution is -0.132. The minimum Gasteiger partial charge on any atom is -0.373 e. The van der Waals surface area contributed by atoms with Gasteiger partial charge < -0.3 is 9.64 Å². The van der Waals surface area contributed by atoms with Gasteiger partial charge in [0.1, 0.15) is 0 Å². The monoisotopic (exact) mass is 334 g/mol. The standard InChI is InChI=1S/C21H22N2O2/c24-18-10-16-19-13-9-17-21(6-7-22(17)11-12(13)5-8-25-16)14-3-1-2-4-15(14)23(18)20(19)21/h1-5,13,16-17,19-20H,6-11H2/t13-,16?,17-,19?,20-,21+/m0/s1. The first-order valence-electron chi connectivity index (χ1n) is 9.75. The summed E-state index contributed by atoms with van der Waals surface area (Å²) >= 11 is 0. The Morgan fingerprint density at radius 2 is 2.16 bits per heavy atom. The van der Waals surface area contributed by atoms with Crippen LogP contribution in [0.4, 0.5) is 5.69 Å². The number of ether oxygens (including phenoxy) is 1. The van der Waals surface area contributed by atoms with Crippen LogP contribution >= 0.6 is 0 Å². The number of nitrogens with zero attached hydrogens (tertiary/aromatic N) is 2. The maximum Gasteiger partial charge on any atom is 0.229 e. The number of carbonyl (C=O) groups excluding carboxylic acids is 1. The summed E-state index contributed by atoms with van der Waals surface area (Å²) in [6.45, 7) is 2.97. The van der Waals surface area contributed by atoms with Gasteiger partial charge in [-0.3, -0.25) is 9.69 Å². The van der Waals surface area contributed by atoms with Crippen molar-refractivity contribution in [3.8, 4) is 0 Å². The van der Waals surface area contributed by atoms with Gasteiger partial charge in [0, 0.05) is 29.6 Å². The number of anilines is 1. The van der Waals surface area contributed by atoms with Crippen LogP contribution in [0.25, 0.3) is 0 Å². The fourth-order valence-electron chi connectivity index (χ4n) is 7.51.